The number of rotatable bonds is 5. The molecule has 3 rings (SSSR count). The molecule has 25 heavy (non-hydrogen) atoms. The molecule has 0 atom stereocenters. The molecule has 0 aliphatic rings. The fraction of sp³-hybridized carbons (Fsp3) is 0. The molecule has 3 aromatic rings. The molecular weight excluding hydrogens is 346 g/mol. The Morgan fingerprint density at radius 3 is 2.48 bits per heavy atom. The van der Waals surface area contributed by atoms with Crippen LogP contribution in [0.3, 0.4) is 0 Å². The van der Waals surface area contributed by atoms with Crippen LogP contribution < -0.4 is 16.0 Å². The van der Waals surface area contributed by atoms with Crippen molar-refractivity contribution in [3.63, 3.8) is 0 Å². The predicted octanol–water partition coefficient (Wildman–Crippen LogP) is 1.41. The lowest BCUT2D eigenvalue weighted by Crippen LogP contribution is -2.16. The molecule has 0 radical (unpaired) electrons. The van der Waals surface area contributed by atoms with Gasteiger partial charge in [-0.05, 0) is 36.4 Å². The van der Waals surface area contributed by atoms with Crippen molar-refractivity contribution in [2.24, 2.45) is 5.84 Å². The van der Waals surface area contributed by atoms with Crippen LogP contribution in [0.15, 0.2) is 53.7 Å². The first-order valence-electron chi connectivity index (χ1n) is 6.99. The van der Waals surface area contributed by atoms with Gasteiger partial charge in [0.05, 0.1) is 17.3 Å². The maximum Gasteiger partial charge on any atom is 0.335 e. The molecule has 0 unspecified atom stereocenters. The molecule has 0 bridgehead atoms. The number of carbonyl (C=O) groups is 1. The number of fused-ring (bicyclic) bond motifs is 1. The summed E-state index contributed by atoms with van der Waals surface area (Å²) in [6.07, 6.45) is 2.61. The Labute approximate surface area is 142 Å². The molecule has 128 valence electrons. The van der Waals surface area contributed by atoms with Crippen molar-refractivity contribution in [3.05, 3.63) is 54.4 Å². The molecule has 0 amide bonds. The maximum atomic E-state index is 12.7. The van der Waals surface area contributed by atoms with Crippen molar-refractivity contribution >= 4 is 38.4 Å². The van der Waals surface area contributed by atoms with E-state index in [9.17, 15) is 13.2 Å². The number of sulfonamides is 1. The number of pyridine rings is 2. The molecule has 2 aromatic heterocycles. The van der Waals surface area contributed by atoms with Gasteiger partial charge in [-0.3, -0.25) is 9.71 Å². The van der Waals surface area contributed by atoms with Crippen molar-refractivity contribution in [2.75, 3.05) is 10.1 Å². The summed E-state index contributed by atoms with van der Waals surface area (Å²) < 4.78 is 27.7. The van der Waals surface area contributed by atoms with Gasteiger partial charge in [-0.1, -0.05) is 0 Å². The third-order valence-electron chi connectivity index (χ3n) is 3.42. The molecule has 1 aromatic carbocycles. The Bertz CT molecular complexity index is 1050. The van der Waals surface area contributed by atoms with E-state index in [1.807, 2.05) is 0 Å². The van der Waals surface area contributed by atoms with E-state index in [0.717, 1.165) is 6.20 Å². The van der Waals surface area contributed by atoms with E-state index in [2.05, 4.69) is 20.1 Å². The largest absolute Gasteiger partial charge is 0.478 e. The van der Waals surface area contributed by atoms with E-state index in [1.54, 1.807) is 12.1 Å². The second kappa shape index (κ2) is 6.34. The Morgan fingerprint density at radius 2 is 1.84 bits per heavy atom. The lowest BCUT2D eigenvalue weighted by Gasteiger charge is -2.11. The van der Waals surface area contributed by atoms with Crippen LogP contribution in [0.25, 0.3) is 10.9 Å². The second-order valence-corrected chi connectivity index (χ2v) is 6.65. The number of nitrogens with one attached hydrogen (secondary N) is 2. The molecule has 9 nitrogen and oxygen atoms in total. The molecule has 5 N–H and O–H groups in total. The first kappa shape index (κ1) is 16.6. The van der Waals surface area contributed by atoms with E-state index >= 15 is 0 Å². The zero-order valence-electron chi connectivity index (χ0n) is 12.7. The standard InChI is InChI=1S/C15H13N5O4S/c16-19-14-11-2-1-7-17-13(11)12(8-18-14)25(23,24)20-10-5-3-9(4-6-10)15(21)22/h1-8,20H,16H2,(H,18,19)(H,21,22). The highest BCUT2D eigenvalue weighted by Crippen LogP contribution is 2.26. The summed E-state index contributed by atoms with van der Waals surface area (Å²) in [6, 6.07) is 8.61. The Morgan fingerprint density at radius 1 is 1.12 bits per heavy atom. The predicted molar refractivity (Wildman–Crippen MR) is 91.6 cm³/mol. The smallest absolute Gasteiger partial charge is 0.335 e. The minimum atomic E-state index is -3.99. The van der Waals surface area contributed by atoms with Gasteiger partial charge in [0.25, 0.3) is 10.0 Å². The molecule has 0 saturated heterocycles. The first-order chi connectivity index (χ1) is 11.9. The van der Waals surface area contributed by atoms with E-state index < -0.39 is 16.0 Å². The van der Waals surface area contributed by atoms with Crippen molar-refractivity contribution in [2.45, 2.75) is 4.90 Å². The third kappa shape index (κ3) is 3.20. The Balaban J connectivity index is 2.03. The maximum absolute atomic E-state index is 12.7. The minimum absolute atomic E-state index is 0.0510. The molecule has 2 heterocycles. The van der Waals surface area contributed by atoms with Gasteiger partial charge in [-0.25, -0.2) is 24.0 Å². The fourth-order valence-corrected chi connectivity index (χ4v) is 3.41. The number of hydrazine groups is 1. The van der Waals surface area contributed by atoms with Crippen LogP contribution in [-0.2, 0) is 10.0 Å². The minimum Gasteiger partial charge on any atom is -0.478 e. The molecule has 0 saturated carbocycles. The summed E-state index contributed by atoms with van der Waals surface area (Å²) in [5.41, 5.74) is 2.87. The summed E-state index contributed by atoms with van der Waals surface area (Å²) >= 11 is 0. The summed E-state index contributed by atoms with van der Waals surface area (Å²) in [6.45, 7) is 0. The van der Waals surface area contributed by atoms with Gasteiger partial charge in [0.1, 0.15) is 10.7 Å². The Hall–Kier alpha value is -3.24. The van der Waals surface area contributed by atoms with Crippen molar-refractivity contribution in [1.82, 2.24) is 9.97 Å². The molecule has 0 aliphatic heterocycles. The Kier molecular flexibility index (Phi) is 4.21. The van der Waals surface area contributed by atoms with Crippen molar-refractivity contribution in [3.8, 4) is 0 Å². The molecule has 0 spiro atoms. The average molecular weight is 359 g/mol. The summed E-state index contributed by atoms with van der Waals surface area (Å²) in [5, 5.41) is 9.34. The topological polar surface area (TPSA) is 147 Å². The van der Waals surface area contributed by atoms with Crippen LogP contribution >= 0.6 is 0 Å². The molecular formula is C15H13N5O4S. The van der Waals surface area contributed by atoms with Crippen molar-refractivity contribution < 1.29 is 18.3 Å². The third-order valence-corrected chi connectivity index (χ3v) is 4.80. The highest BCUT2D eigenvalue weighted by molar-refractivity contribution is 7.93. The number of hydrogen-bond donors (Lipinski definition) is 4. The number of benzene rings is 1. The average Bonchev–Trinajstić information content (AvgIpc) is 2.60. The van der Waals surface area contributed by atoms with Crippen LogP contribution in [0.4, 0.5) is 11.5 Å². The summed E-state index contributed by atoms with van der Waals surface area (Å²) in [7, 11) is -3.99. The molecule has 0 fully saturated rings. The SMILES string of the molecule is NNc1ncc(S(=O)(=O)Nc2ccc(C(=O)O)cc2)c2ncccc12. The number of carboxylic acids is 1. The van der Waals surface area contributed by atoms with Gasteiger partial charge in [-0.15, -0.1) is 0 Å². The normalized spacial score (nSPS) is 11.2. The number of nitrogen functional groups attached to an aromatic ring is 1. The second-order valence-electron chi connectivity index (χ2n) is 5.00. The van der Waals surface area contributed by atoms with Gasteiger partial charge in [0, 0.05) is 17.3 Å². The van der Waals surface area contributed by atoms with Gasteiger partial charge in [-0.2, -0.15) is 0 Å². The summed E-state index contributed by atoms with van der Waals surface area (Å²) in [4.78, 5) is 18.8. The highest BCUT2D eigenvalue weighted by Gasteiger charge is 2.21. The number of nitrogens with zero attached hydrogens (tertiary/aromatic N) is 2. The molecule has 10 heteroatoms. The highest BCUT2D eigenvalue weighted by atomic mass is 32.2. The van der Waals surface area contributed by atoms with E-state index in [-0.39, 0.29) is 21.7 Å². The van der Waals surface area contributed by atoms with Crippen molar-refractivity contribution in [1.29, 1.82) is 0 Å². The van der Waals surface area contributed by atoms with E-state index in [1.165, 1.54) is 30.5 Å². The quantitative estimate of drug-likeness (QED) is 0.395. The van der Waals surface area contributed by atoms with Gasteiger partial charge >= 0.3 is 5.97 Å². The van der Waals surface area contributed by atoms with Gasteiger partial charge in [0.15, 0.2) is 0 Å². The number of hydrogen-bond acceptors (Lipinski definition) is 7. The van der Waals surface area contributed by atoms with Crippen LogP contribution in [-0.4, -0.2) is 29.5 Å². The summed E-state index contributed by atoms with van der Waals surface area (Å²) in [5.74, 6) is 4.58. The number of carboxylic acid groups (broad SMARTS) is 1. The van der Waals surface area contributed by atoms with Crippen LogP contribution in [0.2, 0.25) is 0 Å². The number of nitrogens with two attached hydrogens (primary N) is 1. The van der Waals surface area contributed by atoms with Gasteiger partial charge < -0.3 is 10.5 Å². The van der Waals surface area contributed by atoms with Gasteiger partial charge in [0.2, 0.25) is 0 Å². The van der Waals surface area contributed by atoms with Crippen LogP contribution in [0.1, 0.15) is 10.4 Å². The zero-order chi connectivity index (χ0) is 18.0. The first-order valence-corrected chi connectivity index (χ1v) is 8.47. The fourth-order valence-electron chi connectivity index (χ4n) is 2.25. The number of anilines is 2. The van der Waals surface area contributed by atoms with Crippen LogP contribution in [0.5, 0.6) is 0 Å². The number of aromatic carboxylic acids is 1. The van der Waals surface area contributed by atoms with E-state index in [4.69, 9.17) is 10.9 Å². The lowest BCUT2D eigenvalue weighted by molar-refractivity contribution is 0.0697. The monoisotopic (exact) mass is 359 g/mol. The number of aromatic nitrogens is 2. The molecule has 0 aliphatic carbocycles. The van der Waals surface area contributed by atoms with Crippen LogP contribution in [0, 0.1) is 0 Å². The lowest BCUT2D eigenvalue weighted by atomic mass is 10.2. The van der Waals surface area contributed by atoms with E-state index in [0.29, 0.717) is 11.2 Å². The zero-order valence-corrected chi connectivity index (χ0v) is 13.5.